The molecule has 3 rings (SSSR count). The summed E-state index contributed by atoms with van der Waals surface area (Å²) in [5, 5.41) is 9.72. The lowest BCUT2D eigenvalue weighted by atomic mass is 9.90. The molecule has 0 spiro atoms. The van der Waals surface area contributed by atoms with Crippen LogP contribution in [0.5, 0.6) is 5.75 Å². The van der Waals surface area contributed by atoms with Gasteiger partial charge < -0.3 is 10.5 Å². The third kappa shape index (κ3) is 2.97. The number of methoxy groups -OCH3 is 1. The number of rotatable bonds is 3. The summed E-state index contributed by atoms with van der Waals surface area (Å²) in [6.07, 6.45) is 0. The molecule has 0 aliphatic rings. The Bertz CT molecular complexity index is 993. The zero-order chi connectivity index (χ0) is 18.0. The summed E-state index contributed by atoms with van der Waals surface area (Å²) in [6, 6.07) is 17.7. The zero-order valence-corrected chi connectivity index (χ0v) is 15.5. The van der Waals surface area contributed by atoms with Crippen molar-refractivity contribution in [3.63, 3.8) is 0 Å². The predicted octanol–water partition coefficient (Wildman–Crippen LogP) is 4.95. The average molecular weight is 394 g/mol. The van der Waals surface area contributed by atoms with E-state index < -0.39 is 0 Å². The summed E-state index contributed by atoms with van der Waals surface area (Å²) >= 11 is 3.59. The maximum absolute atomic E-state index is 9.72. The Kier molecular flexibility index (Phi) is 4.73. The molecule has 0 unspecified atom stereocenters. The molecule has 124 valence electrons. The Morgan fingerprint density at radius 3 is 2.32 bits per heavy atom. The zero-order valence-electron chi connectivity index (χ0n) is 13.9. The van der Waals surface area contributed by atoms with Crippen LogP contribution < -0.4 is 10.5 Å². The summed E-state index contributed by atoms with van der Waals surface area (Å²) in [6.45, 7) is 1.89. The molecular formula is C20H16BrN3O. The van der Waals surface area contributed by atoms with Crippen LogP contribution in [0.2, 0.25) is 0 Å². The second-order valence-corrected chi connectivity index (χ2v) is 6.35. The molecule has 0 saturated carbocycles. The van der Waals surface area contributed by atoms with Crippen molar-refractivity contribution in [3.8, 4) is 34.1 Å². The number of nitrogens with two attached hydrogens (primary N) is 1. The quantitative estimate of drug-likeness (QED) is 0.682. The number of hydrogen-bond donors (Lipinski definition) is 1. The van der Waals surface area contributed by atoms with Crippen LogP contribution in [0.4, 0.5) is 5.82 Å². The first-order valence-corrected chi connectivity index (χ1v) is 8.46. The number of nitrogen functional groups attached to an aromatic ring is 1. The van der Waals surface area contributed by atoms with Crippen molar-refractivity contribution in [1.82, 2.24) is 4.98 Å². The van der Waals surface area contributed by atoms with Gasteiger partial charge in [-0.15, -0.1) is 0 Å². The SMILES string of the molecule is COc1ccccc1-c1c(C)nc(N)c(C#N)c1-c1ccccc1Br. The number of benzene rings is 2. The molecule has 0 bridgehead atoms. The normalized spacial score (nSPS) is 10.3. The highest BCUT2D eigenvalue weighted by Gasteiger charge is 2.22. The maximum atomic E-state index is 9.72. The first-order valence-electron chi connectivity index (χ1n) is 7.67. The fourth-order valence-electron chi connectivity index (χ4n) is 2.95. The maximum Gasteiger partial charge on any atom is 0.142 e. The van der Waals surface area contributed by atoms with E-state index in [1.54, 1.807) is 7.11 Å². The number of nitriles is 1. The van der Waals surface area contributed by atoms with Crippen LogP contribution in [0, 0.1) is 18.3 Å². The Morgan fingerprint density at radius 1 is 1.04 bits per heavy atom. The molecule has 0 atom stereocenters. The lowest BCUT2D eigenvalue weighted by Gasteiger charge is -2.18. The van der Waals surface area contributed by atoms with Crippen molar-refractivity contribution in [2.45, 2.75) is 6.92 Å². The van der Waals surface area contributed by atoms with Gasteiger partial charge in [0.2, 0.25) is 0 Å². The number of pyridine rings is 1. The van der Waals surface area contributed by atoms with Gasteiger partial charge in [-0.1, -0.05) is 52.3 Å². The van der Waals surface area contributed by atoms with Gasteiger partial charge >= 0.3 is 0 Å². The number of halogens is 1. The number of para-hydroxylation sites is 1. The van der Waals surface area contributed by atoms with E-state index in [0.29, 0.717) is 5.56 Å². The third-order valence-corrected chi connectivity index (χ3v) is 4.73. The van der Waals surface area contributed by atoms with E-state index >= 15 is 0 Å². The van der Waals surface area contributed by atoms with E-state index in [-0.39, 0.29) is 5.82 Å². The summed E-state index contributed by atoms with van der Waals surface area (Å²) in [5.41, 5.74) is 10.5. The molecule has 3 aromatic rings. The number of aryl methyl sites for hydroxylation is 1. The largest absolute Gasteiger partial charge is 0.496 e. The van der Waals surface area contributed by atoms with Crippen LogP contribution in [0.25, 0.3) is 22.3 Å². The number of anilines is 1. The van der Waals surface area contributed by atoms with Gasteiger partial charge in [-0.3, -0.25) is 0 Å². The molecule has 25 heavy (non-hydrogen) atoms. The van der Waals surface area contributed by atoms with Crippen molar-refractivity contribution >= 4 is 21.7 Å². The van der Waals surface area contributed by atoms with Gasteiger partial charge in [-0.2, -0.15) is 5.26 Å². The number of ether oxygens (including phenoxy) is 1. The Morgan fingerprint density at radius 2 is 1.68 bits per heavy atom. The lowest BCUT2D eigenvalue weighted by molar-refractivity contribution is 0.416. The van der Waals surface area contributed by atoms with Gasteiger partial charge in [0.25, 0.3) is 0 Å². The molecular weight excluding hydrogens is 378 g/mol. The second kappa shape index (κ2) is 6.96. The van der Waals surface area contributed by atoms with E-state index in [9.17, 15) is 5.26 Å². The molecule has 4 nitrogen and oxygen atoms in total. The molecule has 0 saturated heterocycles. The third-order valence-electron chi connectivity index (χ3n) is 4.04. The molecule has 5 heteroatoms. The van der Waals surface area contributed by atoms with E-state index in [2.05, 4.69) is 27.0 Å². The molecule has 2 aromatic carbocycles. The van der Waals surface area contributed by atoms with E-state index in [4.69, 9.17) is 10.5 Å². The van der Waals surface area contributed by atoms with E-state index in [0.717, 1.165) is 38.2 Å². The molecule has 0 aliphatic heterocycles. The fourth-order valence-corrected chi connectivity index (χ4v) is 3.44. The van der Waals surface area contributed by atoms with Gasteiger partial charge in [0.15, 0.2) is 0 Å². The average Bonchev–Trinajstić information content (AvgIpc) is 2.62. The summed E-state index contributed by atoms with van der Waals surface area (Å²) in [5.74, 6) is 0.943. The van der Waals surface area contributed by atoms with Gasteiger partial charge in [-0.05, 0) is 24.6 Å². The van der Waals surface area contributed by atoms with Crippen molar-refractivity contribution in [3.05, 3.63) is 64.3 Å². The molecule has 1 aromatic heterocycles. The highest BCUT2D eigenvalue weighted by molar-refractivity contribution is 9.10. The molecule has 0 radical (unpaired) electrons. The monoisotopic (exact) mass is 393 g/mol. The van der Waals surface area contributed by atoms with Gasteiger partial charge in [0.1, 0.15) is 23.2 Å². The van der Waals surface area contributed by atoms with Crippen LogP contribution in [-0.4, -0.2) is 12.1 Å². The Labute approximate surface area is 155 Å². The van der Waals surface area contributed by atoms with Crippen LogP contribution in [-0.2, 0) is 0 Å². The number of nitrogens with zero attached hydrogens (tertiary/aromatic N) is 2. The van der Waals surface area contributed by atoms with Crippen molar-refractivity contribution in [1.29, 1.82) is 5.26 Å². The van der Waals surface area contributed by atoms with Crippen molar-refractivity contribution in [2.75, 3.05) is 12.8 Å². The molecule has 0 aliphatic carbocycles. The minimum absolute atomic E-state index is 0.226. The van der Waals surface area contributed by atoms with E-state index in [1.807, 2.05) is 55.5 Å². The highest BCUT2D eigenvalue weighted by atomic mass is 79.9. The lowest BCUT2D eigenvalue weighted by Crippen LogP contribution is -2.04. The first kappa shape index (κ1) is 17.0. The number of hydrogen-bond acceptors (Lipinski definition) is 4. The number of aromatic nitrogens is 1. The van der Waals surface area contributed by atoms with Crippen LogP contribution in [0.15, 0.2) is 53.0 Å². The standard InChI is InChI=1S/C20H16BrN3O/c1-12-18(14-8-4-6-10-17(14)25-2)19(15(11-22)20(23)24-12)13-7-3-5-9-16(13)21/h3-10H,1-2H3,(H2,23,24). The first-order chi connectivity index (χ1) is 12.1. The Balaban J connectivity index is 2.48. The summed E-state index contributed by atoms with van der Waals surface area (Å²) in [4.78, 5) is 4.40. The topological polar surface area (TPSA) is 71.9 Å². The van der Waals surface area contributed by atoms with Crippen LogP contribution in [0.3, 0.4) is 0 Å². The molecule has 0 fully saturated rings. The minimum Gasteiger partial charge on any atom is -0.496 e. The van der Waals surface area contributed by atoms with Crippen molar-refractivity contribution in [2.24, 2.45) is 0 Å². The molecule has 2 N–H and O–H groups in total. The van der Waals surface area contributed by atoms with Crippen molar-refractivity contribution < 1.29 is 4.74 Å². The predicted molar refractivity (Wildman–Crippen MR) is 103 cm³/mol. The minimum atomic E-state index is 0.226. The van der Waals surface area contributed by atoms with E-state index in [1.165, 1.54) is 0 Å². The second-order valence-electron chi connectivity index (χ2n) is 5.50. The van der Waals surface area contributed by atoms with Gasteiger partial charge in [-0.25, -0.2) is 4.98 Å². The van der Waals surface area contributed by atoms with Gasteiger partial charge in [0, 0.05) is 26.9 Å². The Hall–Kier alpha value is -2.84. The molecule has 0 amide bonds. The fraction of sp³-hybridized carbons (Fsp3) is 0.100. The summed E-state index contributed by atoms with van der Waals surface area (Å²) < 4.78 is 6.41. The van der Waals surface area contributed by atoms with Crippen LogP contribution in [0.1, 0.15) is 11.3 Å². The van der Waals surface area contributed by atoms with Gasteiger partial charge in [0.05, 0.1) is 7.11 Å². The molecule has 1 heterocycles. The van der Waals surface area contributed by atoms with Crippen LogP contribution >= 0.6 is 15.9 Å². The smallest absolute Gasteiger partial charge is 0.142 e. The highest BCUT2D eigenvalue weighted by Crippen LogP contribution is 2.43. The summed E-state index contributed by atoms with van der Waals surface area (Å²) in [7, 11) is 1.63.